The molecule has 0 bridgehead atoms. The van der Waals surface area contributed by atoms with Crippen LogP contribution in [0, 0.1) is 0 Å². The lowest BCUT2D eigenvalue weighted by Crippen LogP contribution is -2.56. The van der Waals surface area contributed by atoms with E-state index in [4.69, 9.17) is 27.9 Å². The van der Waals surface area contributed by atoms with Gasteiger partial charge < -0.3 is 15.4 Å². The van der Waals surface area contributed by atoms with Gasteiger partial charge >= 0.3 is 6.18 Å². The first kappa shape index (κ1) is 28.6. The van der Waals surface area contributed by atoms with Crippen molar-refractivity contribution in [2.45, 2.75) is 30.0 Å². The summed E-state index contributed by atoms with van der Waals surface area (Å²) in [5.74, 6) is -0.890. The molecule has 2 heterocycles. The monoisotopic (exact) mass is 674 g/mol. The smallest absolute Gasteiger partial charge is 0.416 e. The molecule has 3 atom stereocenters. The summed E-state index contributed by atoms with van der Waals surface area (Å²) in [5.41, 5.74) is 0.111. The van der Waals surface area contributed by atoms with Crippen molar-refractivity contribution < 1.29 is 27.5 Å². The average Bonchev–Trinajstić information content (AvgIpc) is 3.21. The standard InChI is InChI=1S/C31H20BrCl2F3N2O3/c32-18-6-11-26(42-21-8-4-17(5-9-21)31(35,36)37)22(13-18)28-30(23-10-7-20(34)14-25(23)38-29(30)41)24(15-27(40)39-28)16-2-1-3-19(33)12-16/h1-14,24,28H,15H2,(H,38,41)(H,39,40)/t24-,28+,30?/m0/s1. The molecular formula is C31H20BrCl2F3N2O3. The van der Waals surface area contributed by atoms with E-state index < -0.39 is 29.1 Å². The van der Waals surface area contributed by atoms with E-state index in [1.807, 2.05) is 6.07 Å². The third-order valence-corrected chi connectivity index (χ3v) is 8.66. The minimum absolute atomic E-state index is 0.00454. The largest absolute Gasteiger partial charge is 0.457 e. The number of benzene rings is 4. The fourth-order valence-corrected chi connectivity index (χ4v) is 6.70. The number of anilines is 1. The third kappa shape index (κ3) is 4.93. The lowest BCUT2D eigenvalue weighted by molar-refractivity contribution is -0.137. The Bertz CT molecular complexity index is 1730. The molecule has 1 spiro atoms. The summed E-state index contributed by atoms with van der Waals surface area (Å²) >= 11 is 16.1. The number of rotatable bonds is 4. The van der Waals surface area contributed by atoms with Crippen molar-refractivity contribution in [2.24, 2.45) is 0 Å². The molecule has 0 aliphatic carbocycles. The molecule has 0 aromatic heterocycles. The summed E-state index contributed by atoms with van der Waals surface area (Å²) in [7, 11) is 0. The van der Waals surface area contributed by atoms with E-state index in [0.29, 0.717) is 36.9 Å². The normalized spacial score (nSPS) is 21.6. The van der Waals surface area contributed by atoms with E-state index in [1.165, 1.54) is 12.1 Å². The zero-order chi connectivity index (χ0) is 29.8. The van der Waals surface area contributed by atoms with Gasteiger partial charge in [0.1, 0.15) is 16.9 Å². The Hall–Kier alpha value is -3.53. The lowest BCUT2D eigenvalue weighted by atomic mass is 9.59. The molecule has 2 aliphatic heterocycles. The second kappa shape index (κ2) is 10.6. The van der Waals surface area contributed by atoms with Crippen molar-refractivity contribution >= 4 is 56.6 Å². The van der Waals surface area contributed by atoms with Crippen LogP contribution < -0.4 is 15.4 Å². The summed E-state index contributed by atoms with van der Waals surface area (Å²) < 4.78 is 46.2. The van der Waals surface area contributed by atoms with Crippen LogP contribution in [0.1, 0.15) is 40.6 Å². The maximum absolute atomic E-state index is 14.3. The first-order valence-electron chi connectivity index (χ1n) is 12.8. The highest BCUT2D eigenvalue weighted by atomic mass is 79.9. The molecule has 6 rings (SSSR count). The molecule has 2 N–H and O–H groups in total. The molecule has 0 radical (unpaired) electrons. The van der Waals surface area contributed by atoms with Gasteiger partial charge in [0.2, 0.25) is 11.8 Å². The van der Waals surface area contributed by atoms with Gasteiger partial charge in [0.25, 0.3) is 0 Å². The second-order valence-electron chi connectivity index (χ2n) is 10.1. The number of carbonyl (C=O) groups excluding carboxylic acids is 2. The molecule has 0 saturated carbocycles. The minimum Gasteiger partial charge on any atom is -0.457 e. The number of nitrogens with one attached hydrogen (secondary N) is 2. The minimum atomic E-state index is -4.50. The van der Waals surface area contributed by atoms with E-state index in [9.17, 15) is 22.8 Å². The summed E-state index contributed by atoms with van der Waals surface area (Å²) in [4.78, 5) is 27.6. The zero-order valence-corrected chi connectivity index (χ0v) is 24.5. The van der Waals surface area contributed by atoms with E-state index >= 15 is 0 Å². The highest BCUT2D eigenvalue weighted by Crippen LogP contribution is 2.59. The Balaban J connectivity index is 1.55. The molecule has 2 amide bonds. The Morgan fingerprint density at radius 3 is 2.36 bits per heavy atom. The van der Waals surface area contributed by atoms with Crippen molar-refractivity contribution in [3.8, 4) is 11.5 Å². The van der Waals surface area contributed by atoms with Crippen molar-refractivity contribution in [1.29, 1.82) is 0 Å². The average molecular weight is 676 g/mol. The predicted molar refractivity (Wildman–Crippen MR) is 157 cm³/mol. The number of hydrogen-bond acceptors (Lipinski definition) is 3. The molecule has 1 unspecified atom stereocenters. The first-order chi connectivity index (χ1) is 20.0. The number of alkyl halides is 3. The Labute approximate surface area is 257 Å². The van der Waals surface area contributed by atoms with Gasteiger partial charge in [-0.05, 0) is 77.9 Å². The summed E-state index contributed by atoms with van der Waals surface area (Å²) in [5, 5.41) is 6.88. The van der Waals surface area contributed by atoms with Crippen molar-refractivity contribution in [1.82, 2.24) is 5.32 Å². The molecule has 42 heavy (non-hydrogen) atoms. The molecule has 5 nitrogen and oxygen atoms in total. The first-order valence-corrected chi connectivity index (χ1v) is 14.3. The van der Waals surface area contributed by atoms with Crippen molar-refractivity contribution in [3.05, 3.63) is 122 Å². The third-order valence-electron chi connectivity index (χ3n) is 7.69. The summed E-state index contributed by atoms with van der Waals surface area (Å²) in [6, 6.07) is 20.6. The van der Waals surface area contributed by atoms with Crippen molar-refractivity contribution in [2.75, 3.05) is 5.32 Å². The number of ether oxygens (including phenoxy) is 1. The maximum Gasteiger partial charge on any atom is 0.416 e. The van der Waals surface area contributed by atoms with Crippen LogP contribution in [0.5, 0.6) is 11.5 Å². The molecule has 1 saturated heterocycles. The van der Waals surface area contributed by atoms with E-state index in [-0.39, 0.29) is 29.7 Å². The molecule has 4 aromatic carbocycles. The fraction of sp³-hybridized carbons (Fsp3) is 0.161. The Kier molecular flexibility index (Phi) is 7.23. The summed E-state index contributed by atoms with van der Waals surface area (Å²) in [6.45, 7) is 0. The quantitative estimate of drug-likeness (QED) is 0.227. The summed E-state index contributed by atoms with van der Waals surface area (Å²) in [6.07, 6.45) is -4.50. The van der Waals surface area contributed by atoms with Gasteiger partial charge in [-0.15, -0.1) is 0 Å². The van der Waals surface area contributed by atoms with Gasteiger partial charge in [-0.25, -0.2) is 0 Å². The number of hydrogen-bond donors (Lipinski definition) is 2. The molecule has 2 aliphatic rings. The van der Waals surface area contributed by atoms with Gasteiger partial charge in [0.15, 0.2) is 0 Å². The molecule has 1 fully saturated rings. The van der Waals surface area contributed by atoms with Crippen LogP contribution >= 0.6 is 39.1 Å². The number of halogens is 6. The zero-order valence-electron chi connectivity index (χ0n) is 21.4. The van der Waals surface area contributed by atoms with Gasteiger partial charge in [0.05, 0.1) is 11.6 Å². The van der Waals surface area contributed by atoms with Gasteiger partial charge in [-0.3, -0.25) is 9.59 Å². The lowest BCUT2D eigenvalue weighted by Gasteiger charge is -2.46. The van der Waals surface area contributed by atoms with Crippen LogP contribution in [-0.2, 0) is 21.2 Å². The van der Waals surface area contributed by atoms with Crippen LogP contribution in [0.25, 0.3) is 0 Å². The molecule has 214 valence electrons. The fourth-order valence-electron chi connectivity index (χ4n) is 5.95. The maximum atomic E-state index is 14.3. The van der Waals surface area contributed by atoms with Gasteiger partial charge in [-0.2, -0.15) is 13.2 Å². The molecular weight excluding hydrogens is 656 g/mol. The topological polar surface area (TPSA) is 67.4 Å². The SMILES string of the molecule is O=C1C[C@@H](c2cccc(Cl)c2)C2(C(=O)Nc3cc(Cl)ccc32)[C@@H](c2cc(Br)ccc2Oc2ccc(C(F)(F)F)cc2)N1. The van der Waals surface area contributed by atoms with E-state index in [0.717, 1.165) is 12.1 Å². The van der Waals surface area contributed by atoms with Crippen LogP contribution in [-0.4, -0.2) is 11.8 Å². The van der Waals surface area contributed by atoms with Crippen LogP contribution in [0.15, 0.2) is 89.4 Å². The van der Waals surface area contributed by atoms with Gasteiger partial charge in [-0.1, -0.05) is 57.3 Å². The van der Waals surface area contributed by atoms with Crippen molar-refractivity contribution in [3.63, 3.8) is 0 Å². The Morgan fingerprint density at radius 2 is 1.64 bits per heavy atom. The van der Waals surface area contributed by atoms with Crippen LogP contribution in [0.2, 0.25) is 10.0 Å². The Morgan fingerprint density at radius 1 is 0.905 bits per heavy atom. The number of amides is 2. The highest BCUT2D eigenvalue weighted by Gasteiger charge is 2.61. The second-order valence-corrected chi connectivity index (χ2v) is 11.9. The predicted octanol–water partition coefficient (Wildman–Crippen LogP) is 8.80. The van der Waals surface area contributed by atoms with Crippen LogP contribution in [0.3, 0.4) is 0 Å². The number of piperidine rings is 1. The molecule has 4 aromatic rings. The van der Waals surface area contributed by atoms with Gasteiger partial charge in [0, 0.05) is 38.1 Å². The number of fused-ring (bicyclic) bond motifs is 2. The van der Waals surface area contributed by atoms with Crippen LogP contribution in [0.4, 0.5) is 18.9 Å². The highest BCUT2D eigenvalue weighted by molar-refractivity contribution is 9.10. The molecule has 11 heteroatoms. The number of carbonyl (C=O) groups is 2. The van der Waals surface area contributed by atoms with E-state index in [1.54, 1.807) is 54.6 Å². The van der Waals surface area contributed by atoms with E-state index in [2.05, 4.69) is 26.6 Å².